The Morgan fingerprint density at radius 2 is 1.91 bits per heavy atom. The topological polar surface area (TPSA) is 60.5 Å². The van der Waals surface area contributed by atoms with Gasteiger partial charge in [0.25, 0.3) is 0 Å². The number of benzene rings is 2. The summed E-state index contributed by atoms with van der Waals surface area (Å²) in [6.07, 6.45) is 4.94. The van der Waals surface area contributed by atoms with Crippen molar-refractivity contribution in [2.75, 3.05) is 6.61 Å². The molecule has 0 spiro atoms. The summed E-state index contributed by atoms with van der Waals surface area (Å²) in [7, 11) is 0. The maximum absolute atomic E-state index is 11.3. The Morgan fingerprint density at radius 3 is 2.69 bits per heavy atom. The van der Waals surface area contributed by atoms with Gasteiger partial charge in [-0.05, 0) is 55.7 Å². The summed E-state index contributed by atoms with van der Waals surface area (Å²) in [4.78, 5) is 16.5. The highest BCUT2D eigenvalue weighted by Crippen LogP contribution is 2.34. The molecule has 4 rings (SSSR count). The van der Waals surface area contributed by atoms with E-state index in [0.29, 0.717) is 29.0 Å². The molecule has 0 bridgehead atoms. The lowest BCUT2D eigenvalue weighted by atomic mass is 9.90. The highest BCUT2D eigenvalue weighted by atomic mass is 79.9. The van der Waals surface area contributed by atoms with Crippen LogP contribution in [0.5, 0.6) is 17.4 Å². The molecular formula is C26H29BrN2O3. The highest BCUT2D eigenvalue weighted by molar-refractivity contribution is 9.09. The van der Waals surface area contributed by atoms with Crippen LogP contribution in [0.2, 0.25) is 0 Å². The lowest BCUT2D eigenvalue weighted by molar-refractivity contribution is -0.119. The van der Waals surface area contributed by atoms with Gasteiger partial charge in [0.15, 0.2) is 11.5 Å². The highest BCUT2D eigenvalue weighted by Gasteiger charge is 2.23. The van der Waals surface area contributed by atoms with Gasteiger partial charge in [-0.2, -0.15) is 0 Å². The van der Waals surface area contributed by atoms with Gasteiger partial charge in [0.2, 0.25) is 11.8 Å². The molecule has 3 aromatic rings. The Labute approximate surface area is 197 Å². The predicted octanol–water partition coefficient (Wildman–Crippen LogP) is 6.56. The van der Waals surface area contributed by atoms with Gasteiger partial charge in [-0.1, -0.05) is 47.0 Å². The normalized spacial score (nSPS) is 19.3. The summed E-state index contributed by atoms with van der Waals surface area (Å²) in [5.74, 6) is 2.39. The SMILES string of the molecule is CC(=O)NC(C)c1ccc2nc(Oc3ccccc3OCC3CCCCC3Br)ccc2c1. The minimum Gasteiger partial charge on any atom is -0.489 e. The van der Waals surface area contributed by atoms with Crippen molar-refractivity contribution in [2.45, 2.75) is 50.4 Å². The Hall–Kier alpha value is -2.60. The first-order valence-corrected chi connectivity index (χ1v) is 12.1. The number of para-hydroxylation sites is 2. The molecule has 0 aliphatic heterocycles. The molecule has 1 aliphatic carbocycles. The molecule has 3 unspecified atom stereocenters. The van der Waals surface area contributed by atoms with E-state index in [9.17, 15) is 4.79 Å². The second-order valence-corrected chi connectivity index (χ2v) is 9.62. The molecule has 1 aromatic heterocycles. The molecule has 6 heteroatoms. The molecule has 1 saturated carbocycles. The van der Waals surface area contributed by atoms with Crippen LogP contribution in [-0.2, 0) is 4.79 Å². The molecule has 0 saturated heterocycles. The fourth-order valence-electron chi connectivity index (χ4n) is 4.15. The first-order chi connectivity index (χ1) is 15.5. The number of rotatable bonds is 7. The molecule has 1 N–H and O–H groups in total. The first kappa shape index (κ1) is 22.6. The van der Waals surface area contributed by atoms with Crippen LogP contribution in [0, 0.1) is 5.92 Å². The summed E-state index contributed by atoms with van der Waals surface area (Å²) < 4.78 is 12.3. The third-order valence-electron chi connectivity index (χ3n) is 5.94. The Morgan fingerprint density at radius 1 is 1.12 bits per heavy atom. The van der Waals surface area contributed by atoms with Crippen LogP contribution in [0.25, 0.3) is 10.9 Å². The molecule has 5 nitrogen and oxygen atoms in total. The summed E-state index contributed by atoms with van der Waals surface area (Å²) >= 11 is 3.81. The van der Waals surface area contributed by atoms with Crippen molar-refractivity contribution in [2.24, 2.45) is 5.92 Å². The van der Waals surface area contributed by atoms with E-state index < -0.39 is 0 Å². The van der Waals surface area contributed by atoms with Gasteiger partial charge in [0.1, 0.15) is 0 Å². The van der Waals surface area contributed by atoms with Crippen LogP contribution < -0.4 is 14.8 Å². The average molecular weight is 497 g/mol. The monoisotopic (exact) mass is 496 g/mol. The van der Waals surface area contributed by atoms with Gasteiger partial charge in [0.05, 0.1) is 18.2 Å². The number of carbonyl (C=O) groups is 1. The van der Waals surface area contributed by atoms with E-state index in [-0.39, 0.29) is 11.9 Å². The van der Waals surface area contributed by atoms with Gasteiger partial charge in [-0.15, -0.1) is 0 Å². The van der Waals surface area contributed by atoms with Crippen LogP contribution in [-0.4, -0.2) is 22.3 Å². The zero-order chi connectivity index (χ0) is 22.5. The number of halogens is 1. The van der Waals surface area contributed by atoms with E-state index in [2.05, 4.69) is 26.2 Å². The predicted molar refractivity (Wildman–Crippen MR) is 131 cm³/mol. The van der Waals surface area contributed by atoms with Crippen LogP contribution in [0.3, 0.4) is 0 Å². The van der Waals surface area contributed by atoms with E-state index in [1.54, 1.807) is 0 Å². The summed E-state index contributed by atoms with van der Waals surface area (Å²) in [6, 6.07) is 17.5. The number of hydrogen-bond donors (Lipinski definition) is 1. The number of carbonyl (C=O) groups excluding carboxylic acids is 1. The van der Waals surface area contributed by atoms with Crippen molar-refractivity contribution in [3.8, 4) is 17.4 Å². The van der Waals surface area contributed by atoms with Crippen molar-refractivity contribution < 1.29 is 14.3 Å². The van der Waals surface area contributed by atoms with Crippen LogP contribution >= 0.6 is 15.9 Å². The van der Waals surface area contributed by atoms with Crippen molar-refractivity contribution in [1.82, 2.24) is 10.3 Å². The Kier molecular flexibility index (Phi) is 7.30. The molecular weight excluding hydrogens is 468 g/mol. The van der Waals surface area contributed by atoms with Crippen molar-refractivity contribution in [1.29, 1.82) is 0 Å². The van der Waals surface area contributed by atoms with Gasteiger partial charge in [-0.3, -0.25) is 4.79 Å². The maximum atomic E-state index is 11.3. The van der Waals surface area contributed by atoms with Crippen molar-refractivity contribution in [3.05, 3.63) is 60.2 Å². The number of fused-ring (bicyclic) bond motifs is 1. The number of pyridine rings is 1. The van der Waals surface area contributed by atoms with E-state index in [1.807, 2.05) is 61.5 Å². The molecule has 1 aliphatic rings. The molecule has 0 radical (unpaired) electrons. The zero-order valence-corrected chi connectivity index (χ0v) is 20.1. The quantitative estimate of drug-likeness (QED) is 0.376. The molecule has 32 heavy (non-hydrogen) atoms. The standard InChI is InChI=1S/C26H29BrN2O3/c1-17(28-18(2)30)19-11-13-23-20(15-19)12-14-26(29-23)32-25-10-6-5-9-24(25)31-16-21-7-3-4-8-22(21)27/h5-6,9-15,17,21-22H,3-4,7-8,16H2,1-2H3,(H,28,30). The number of amides is 1. The number of aromatic nitrogens is 1. The number of alkyl halides is 1. The van der Waals surface area contributed by atoms with Gasteiger partial charge in [0, 0.05) is 29.1 Å². The smallest absolute Gasteiger partial charge is 0.219 e. The van der Waals surface area contributed by atoms with E-state index in [1.165, 1.54) is 32.6 Å². The third-order valence-corrected chi connectivity index (χ3v) is 7.15. The lowest BCUT2D eigenvalue weighted by Gasteiger charge is -2.27. The average Bonchev–Trinajstić information content (AvgIpc) is 2.78. The summed E-state index contributed by atoms with van der Waals surface area (Å²) in [5, 5.41) is 3.91. The number of nitrogens with zero attached hydrogens (tertiary/aromatic N) is 1. The minimum atomic E-state index is -0.0554. The second-order valence-electron chi connectivity index (χ2n) is 8.44. The molecule has 1 fully saturated rings. The van der Waals surface area contributed by atoms with Gasteiger partial charge < -0.3 is 14.8 Å². The summed E-state index contributed by atoms with van der Waals surface area (Å²) in [6.45, 7) is 4.17. The largest absolute Gasteiger partial charge is 0.489 e. The van der Waals surface area contributed by atoms with Gasteiger partial charge >= 0.3 is 0 Å². The Bertz CT molecular complexity index is 1090. The summed E-state index contributed by atoms with van der Waals surface area (Å²) in [5.41, 5.74) is 1.87. The van der Waals surface area contributed by atoms with E-state index in [0.717, 1.165) is 22.2 Å². The van der Waals surface area contributed by atoms with Crippen molar-refractivity contribution in [3.63, 3.8) is 0 Å². The fourth-order valence-corrected chi connectivity index (χ4v) is 4.89. The molecule has 2 aromatic carbocycles. The fraction of sp³-hybridized carbons (Fsp3) is 0.385. The maximum Gasteiger partial charge on any atom is 0.219 e. The Balaban J connectivity index is 1.47. The van der Waals surface area contributed by atoms with E-state index in [4.69, 9.17) is 9.47 Å². The first-order valence-electron chi connectivity index (χ1n) is 11.2. The second kappa shape index (κ2) is 10.3. The van der Waals surface area contributed by atoms with Crippen LogP contribution in [0.15, 0.2) is 54.6 Å². The number of hydrogen-bond acceptors (Lipinski definition) is 4. The molecule has 168 valence electrons. The zero-order valence-electron chi connectivity index (χ0n) is 18.5. The molecule has 3 atom stereocenters. The third kappa shape index (κ3) is 5.60. The number of ether oxygens (including phenoxy) is 2. The number of nitrogens with one attached hydrogen (secondary N) is 1. The van der Waals surface area contributed by atoms with Gasteiger partial charge in [-0.25, -0.2) is 4.98 Å². The van der Waals surface area contributed by atoms with Crippen LogP contribution in [0.1, 0.15) is 51.1 Å². The lowest BCUT2D eigenvalue weighted by Crippen LogP contribution is -2.25. The minimum absolute atomic E-state index is 0.0458. The van der Waals surface area contributed by atoms with E-state index >= 15 is 0 Å². The molecule has 1 amide bonds. The molecule has 1 heterocycles. The van der Waals surface area contributed by atoms with Crippen LogP contribution in [0.4, 0.5) is 0 Å². The van der Waals surface area contributed by atoms with Crippen molar-refractivity contribution >= 4 is 32.7 Å².